The summed E-state index contributed by atoms with van der Waals surface area (Å²) in [6.07, 6.45) is 0. The smallest absolute Gasteiger partial charge is 0.165 e. The van der Waals surface area contributed by atoms with Gasteiger partial charge in [-0.15, -0.1) is 0 Å². The molecule has 1 rings (SSSR count). The molecule has 3 nitrogen and oxygen atoms in total. The Morgan fingerprint density at radius 1 is 1.27 bits per heavy atom. The first-order valence-corrected chi connectivity index (χ1v) is 4.69. The van der Waals surface area contributed by atoms with Crippen LogP contribution >= 0.6 is 0 Å². The fraction of sp³-hybridized carbons (Fsp3) is 0.455. The molecule has 0 saturated carbocycles. The second kappa shape index (κ2) is 7.20. The van der Waals surface area contributed by atoms with E-state index in [0.29, 0.717) is 26.4 Å². The SMILES string of the molecule is COCCOCCOc1c[c]ccc1F. The van der Waals surface area contributed by atoms with Gasteiger partial charge in [0, 0.05) is 7.11 Å². The average Bonchev–Trinajstić information content (AvgIpc) is 2.25. The molecule has 0 heterocycles. The Labute approximate surface area is 88.8 Å². The van der Waals surface area contributed by atoms with E-state index in [-0.39, 0.29) is 11.6 Å². The lowest BCUT2D eigenvalue weighted by Crippen LogP contribution is -2.10. The van der Waals surface area contributed by atoms with Crippen LogP contribution in [0, 0.1) is 11.9 Å². The first kappa shape index (κ1) is 11.9. The largest absolute Gasteiger partial charge is 0.488 e. The van der Waals surface area contributed by atoms with Gasteiger partial charge in [-0.1, -0.05) is 6.07 Å². The molecule has 83 valence electrons. The van der Waals surface area contributed by atoms with E-state index >= 15 is 0 Å². The maximum Gasteiger partial charge on any atom is 0.165 e. The van der Waals surface area contributed by atoms with Crippen molar-refractivity contribution in [2.24, 2.45) is 0 Å². The molecule has 1 aromatic rings. The number of ether oxygens (including phenoxy) is 3. The molecule has 0 amide bonds. The molecule has 1 aromatic carbocycles. The number of hydrogen-bond acceptors (Lipinski definition) is 3. The Morgan fingerprint density at radius 2 is 2.07 bits per heavy atom. The van der Waals surface area contributed by atoms with E-state index in [1.807, 2.05) is 0 Å². The Morgan fingerprint density at radius 3 is 2.80 bits per heavy atom. The van der Waals surface area contributed by atoms with E-state index in [2.05, 4.69) is 6.07 Å². The molecule has 0 aliphatic carbocycles. The third-order valence-corrected chi connectivity index (χ3v) is 1.69. The highest BCUT2D eigenvalue weighted by Crippen LogP contribution is 2.14. The zero-order valence-corrected chi connectivity index (χ0v) is 8.66. The Balaban J connectivity index is 2.12. The van der Waals surface area contributed by atoms with E-state index in [9.17, 15) is 4.39 Å². The lowest BCUT2D eigenvalue weighted by molar-refractivity contribution is 0.0538. The predicted octanol–water partition coefficient (Wildman–Crippen LogP) is 1.67. The van der Waals surface area contributed by atoms with Crippen LogP contribution < -0.4 is 4.74 Å². The summed E-state index contributed by atoms with van der Waals surface area (Å²) in [5.41, 5.74) is 0. The lowest BCUT2D eigenvalue weighted by atomic mass is 10.3. The Bertz CT molecular complexity index is 278. The number of methoxy groups -OCH3 is 1. The van der Waals surface area contributed by atoms with Crippen molar-refractivity contribution in [1.29, 1.82) is 0 Å². The van der Waals surface area contributed by atoms with Crippen molar-refractivity contribution in [2.45, 2.75) is 0 Å². The van der Waals surface area contributed by atoms with Gasteiger partial charge in [0.1, 0.15) is 6.61 Å². The minimum absolute atomic E-state index is 0.202. The summed E-state index contributed by atoms with van der Waals surface area (Å²) in [5, 5.41) is 0. The molecule has 0 aromatic heterocycles. The normalized spacial score (nSPS) is 10.3. The molecule has 1 radical (unpaired) electrons. The van der Waals surface area contributed by atoms with Gasteiger partial charge in [-0.25, -0.2) is 4.39 Å². The lowest BCUT2D eigenvalue weighted by Gasteiger charge is -2.07. The summed E-state index contributed by atoms with van der Waals surface area (Å²) in [4.78, 5) is 0. The zero-order chi connectivity index (χ0) is 10.9. The summed E-state index contributed by atoms with van der Waals surface area (Å²) < 4.78 is 28.1. The van der Waals surface area contributed by atoms with Crippen LogP contribution in [0.5, 0.6) is 5.75 Å². The van der Waals surface area contributed by atoms with Crippen LogP contribution in [0.3, 0.4) is 0 Å². The summed E-state index contributed by atoms with van der Waals surface area (Å²) in [6, 6.07) is 7.00. The van der Waals surface area contributed by atoms with Gasteiger partial charge in [0.05, 0.1) is 19.8 Å². The van der Waals surface area contributed by atoms with E-state index in [1.54, 1.807) is 7.11 Å². The van der Waals surface area contributed by atoms with Crippen LogP contribution in [0.15, 0.2) is 18.2 Å². The van der Waals surface area contributed by atoms with Crippen molar-refractivity contribution in [3.63, 3.8) is 0 Å². The summed E-state index contributed by atoms with van der Waals surface area (Å²) in [7, 11) is 1.61. The van der Waals surface area contributed by atoms with E-state index < -0.39 is 0 Å². The predicted molar refractivity (Wildman–Crippen MR) is 53.4 cm³/mol. The third kappa shape index (κ3) is 4.76. The van der Waals surface area contributed by atoms with Crippen LogP contribution in [0.1, 0.15) is 0 Å². The van der Waals surface area contributed by atoms with Crippen molar-refractivity contribution in [3.8, 4) is 5.75 Å². The highest BCUT2D eigenvalue weighted by Gasteiger charge is 2.00. The Hall–Kier alpha value is -1.13. The van der Waals surface area contributed by atoms with Gasteiger partial charge in [0.15, 0.2) is 11.6 Å². The van der Waals surface area contributed by atoms with Crippen molar-refractivity contribution in [1.82, 2.24) is 0 Å². The second-order valence-electron chi connectivity index (χ2n) is 2.81. The van der Waals surface area contributed by atoms with Gasteiger partial charge < -0.3 is 14.2 Å². The van der Waals surface area contributed by atoms with Crippen LogP contribution in [0.25, 0.3) is 0 Å². The number of hydrogen-bond donors (Lipinski definition) is 0. The van der Waals surface area contributed by atoms with Gasteiger partial charge >= 0.3 is 0 Å². The van der Waals surface area contributed by atoms with Crippen molar-refractivity contribution >= 4 is 0 Å². The molecule has 0 N–H and O–H groups in total. The molecule has 0 atom stereocenters. The minimum Gasteiger partial charge on any atom is -0.488 e. The highest BCUT2D eigenvalue weighted by molar-refractivity contribution is 5.22. The monoisotopic (exact) mass is 213 g/mol. The molecule has 0 saturated heterocycles. The first-order valence-electron chi connectivity index (χ1n) is 4.69. The summed E-state index contributed by atoms with van der Waals surface area (Å²) >= 11 is 0. The Kier molecular flexibility index (Phi) is 5.73. The number of benzene rings is 1. The molecule has 15 heavy (non-hydrogen) atoms. The third-order valence-electron chi connectivity index (χ3n) is 1.69. The summed E-state index contributed by atoms with van der Waals surface area (Å²) in [6.45, 7) is 1.80. The molecule has 0 spiro atoms. The van der Waals surface area contributed by atoms with Crippen LogP contribution in [-0.2, 0) is 9.47 Å². The molecule has 4 heteroatoms. The van der Waals surface area contributed by atoms with Crippen molar-refractivity contribution in [2.75, 3.05) is 33.5 Å². The first-order chi connectivity index (χ1) is 7.34. The van der Waals surface area contributed by atoms with Gasteiger partial charge in [0.2, 0.25) is 0 Å². The molecule has 0 bridgehead atoms. The highest BCUT2D eigenvalue weighted by atomic mass is 19.1. The topological polar surface area (TPSA) is 27.7 Å². The van der Waals surface area contributed by atoms with Crippen molar-refractivity contribution in [3.05, 3.63) is 30.1 Å². The zero-order valence-electron chi connectivity index (χ0n) is 8.66. The quantitative estimate of drug-likeness (QED) is 0.645. The maximum atomic E-state index is 13.0. The second-order valence-corrected chi connectivity index (χ2v) is 2.81. The van der Waals surface area contributed by atoms with Gasteiger partial charge in [-0.3, -0.25) is 0 Å². The van der Waals surface area contributed by atoms with Crippen LogP contribution in [0.4, 0.5) is 4.39 Å². The van der Waals surface area contributed by atoms with Gasteiger partial charge in [-0.05, 0) is 18.2 Å². The van der Waals surface area contributed by atoms with Crippen molar-refractivity contribution < 1.29 is 18.6 Å². The van der Waals surface area contributed by atoms with Crippen LogP contribution in [-0.4, -0.2) is 33.5 Å². The van der Waals surface area contributed by atoms with Gasteiger partial charge in [0.25, 0.3) is 0 Å². The molecule has 0 aliphatic rings. The average molecular weight is 213 g/mol. The van der Waals surface area contributed by atoms with Gasteiger partial charge in [-0.2, -0.15) is 0 Å². The molecule has 0 aliphatic heterocycles. The fourth-order valence-electron chi connectivity index (χ4n) is 0.962. The number of halogens is 1. The van der Waals surface area contributed by atoms with E-state index in [1.165, 1.54) is 18.2 Å². The van der Waals surface area contributed by atoms with Crippen LogP contribution in [0.2, 0.25) is 0 Å². The summed E-state index contributed by atoms with van der Waals surface area (Å²) in [5.74, 6) is -0.182. The molecule has 0 fully saturated rings. The van der Waals surface area contributed by atoms with E-state index in [4.69, 9.17) is 14.2 Å². The maximum absolute atomic E-state index is 13.0. The molecule has 0 unspecified atom stereocenters. The fourth-order valence-corrected chi connectivity index (χ4v) is 0.962. The molecular weight excluding hydrogens is 199 g/mol. The number of rotatable bonds is 7. The van der Waals surface area contributed by atoms with E-state index in [0.717, 1.165) is 0 Å². The standard InChI is InChI=1S/C11H14FO3/c1-13-6-7-14-8-9-15-11-5-3-2-4-10(11)12/h2,4-5H,6-9H2,1H3. The molecular formula is C11H14FO3. The minimum atomic E-state index is -0.384.